The normalized spacial score (nSPS) is 10.3. The number of nitro groups is 1. The molecule has 0 saturated heterocycles. The van der Waals surface area contributed by atoms with Gasteiger partial charge in [0, 0.05) is 0 Å². The summed E-state index contributed by atoms with van der Waals surface area (Å²) in [5, 5.41) is 10.3. The molecule has 12 heavy (non-hydrogen) atoms. The molecule has 0 bridgehead atoms. The fraction of sp³-hybridized carbons (Fsp3) is 0. The molecule has 0 atom stereocenters. The maximum absolute atomic E-state index is 10.3. The highest BCUT2D eigenvalue weighted by Crippen LogP contribution is 2.26. The van der Waals surface area contributed by atoms with Crippen molar-refractivity contribution in [1.29, 1.82) is 0 Å². The van der Waals surface area contributed by atoms with Gasteiger partial charge < -0.3 is 10.1 Å². The number of hydrogen-bond acceptors (Lipinski definition) is 4. The molecule has 2 rings (SSSR count). The zero-order valence-corrected chi connectivity index (χ0v) is 6.75. The van der Waals surface area contributed by atoms with E-state index in [4.69, 9.17) is 0 Å². The van der Waals surface area contributed by atoms with Crippen LogP contribution >= 0.6 is 11.3 Å². The van der Waals surface area contributed by atoms with Crippen molar-refractivity contribution in [2.45, 2.75) is 0 Å². The molecule has 2 aromatic rings. The summed E-state index contributed by atoms with van der Waals surface area (Å²) in [6, 6.07) is 7.23. The van der Waals surface area contributed by atoms with Gasteiger partial charge in [-0.15, -0.1) is 0 Å². The van der Waals surface area contributed by atoms with Crippen LogP contribution in [0.2, 0.25) is 0 Å². The number of benzene rings is 1. The van der Waals surface area contributed by atoms with Gasteiger partial charge in [-0.1, -0.05) is 12.1 Å². The average molecular weight is 180 g/mol. The Hall–Kier alpha value is -1.49. The largest absolute Gasteiger partial charge is 0.424 e. The molecular formula is C7H4N2O2S. The van der Waals surface area contributed by atoms with Gasteiger partial charge in [0.2, 0.25) is 0 Å². The van der Waals surface area contributed by atoms with E-state index >= 15 is 0 Å². The van der Waals surface area contributed by atoms with E-state index in [1.54, 1.807) is 6.07 Å². The first-order chi connectivity index (χ1) is 5.77. The van der Waals surface area contributed by atoms with Gasteiger partial charge in [-0.25, -0.2) is 0 Å². The fourth-order valence-corrected chi connectivity index (χ4v) is 1.72. The van der Waals surface area contributed by atoms with Gasteiger partial charge in [-0.05, 0) is 33.4 Å². The van der Waals surface area contributed by atoms with Crippen molar-refractivity contribution in [3.8, 4) is 0 Å². The highest BCUT2D eigenvalue weighted by Gasteiger charge is 2.13. The predicted molar refractivity (Wildman–Crippen MR) is 46.3 cm³/mol. The first-order valence-electron chi connectivity index (χ1n) is 3.27. The molecule has 0 fully saturated rings. The summed E-state index contributed by atoms with van der Waals surface area (Å²) in [6.07, 6.45) is 0. The summed E-state index contributed by atoms with van der Waals surface area (Å²) < 4.78 is 0.851. The van der Waals surface area contributed by atoms with E-state index in [0.29, 0.717) is 5.52 Å². The molecule has 0 amide bonds. The maximum atomic E-state index is 10.3. The topological polar surface area (TPSA) is 56.0 Å². The van der Waals surface area contributed by atoms with E-state index in [0.717, 1.165) is 16.0 Å². The molecule has 0 aliphatic carbocycles. The minimum atomic E-state index is -0.468. The summed E-state index contributed by atoms with van der Waals surface area (Å²) in [4.78, 5) is 13.7. The molecule has 0 saturated carbocycles. The van der Waals surface area contributed by atoms with Crippen molar-refractivity contribution in [1.82, 2.24) is 4.98 Å². The van der Waals surface area contributed by atoms with Gasteiger partial charge in [-0.3, -0.25) is 0 Å². The molecule has 0 spiro atoms. The zero-order valence-electron chi connectivity index (χ0n) is 5.93. The molecule has 4 nitrogen and oxygen atoms in total. The molecule has 1 heterocycles. The van der Waals surface area contributed by atoms with Crippen LogP contribution in [0.25, 0.3) is 10.2 Å². The smallest absolute Gasteiger partial charge is 0.357 e. The molecule has 1 aromatic heterocycles. The number of para-hydroxylation sites is 1. The zero-order chi connectivity index (χ0) is 8.55. The third-order valence-corrected chi connectivity index (χ3v) is 2.43. The minimum absolute atomic E-state index is 0.0452. The molecular weight excluding hydrogens is 176 g/mol. The highest BCUT2D eigenvalue weighted by atomic mass is 32.1. The second-order valence-electron chi connectivity index (χ2n) is 2.22. The number of rotatable bonds is 1. The van der Waals surface area contributed by atoms with Crippen molar-refractivity contribution >= 4 is 26.7 Å². The van der Waals surface area contributed by atoms with Crippen molar-refractivity contribution in [3.05, 3.63) is 34.4 Å². The SMILES string of the molecule is O=[N+]([O-])c1nc2ccccc2s1. The monoisotopic (exact) mass is 180 g/mol. The Morgan fingerprint density at radius 2 is 2.17 bits per heavy atom. The summed E-state index contributed by atoms with van der Waals surface area (Å²) in [7, 11) is 0. The van der Waals surface area contributed by atoms with Crippen LogP contribution in [0.15, 0.2) is 24.3 Å². The van der Waals surface area contributed by atoms with Crippen LogP contribution in [0.4, 0.5) is 5.13 Å². The molecule has 0 radical (unpaired) electrons. The molecule has 5 heteroatoms. The third-order valence-electron chi connectivity index (χ3n) is 1.44. The second kappa shape index (κ2) is 2.53. The first kappa shape index (κ1) is 7.17. The van der Waals surface area contributed by atoms with Crippen LogP contribution in [0.3, 0.4) is 0 Å². The van der Waals surface area contributed by atoms with Crippen LogP contribution in [-0.4, -0.2) is 9.91 Å². The number of hydrogen-bond donors (Lipinski definition) is 0. The van der Waals surface area contributed by atoms with Crippen LogP contribution < -0.4 is 0 Å². The van der Waals surface area contributed by atoms with E-state index in [1.165, 1.54) is 0 Å². The van der Waals surface area contributed by atoms with Gasteiger partial charge in [0.15, 0.2) is 5.52 Å². The van der Waals surface area contributed by atoms with E-state index in [-0.39, 0.29) is 5.13 Å². The second-order valence-corrected chi connectivity index (χ2v) is 3.23. The first-order valence-corrected chi connectivity index (χ1v) is 4.09. The van der Waals surface area contributed by atoms with Crippen molar-refractivity contribution < 1.29 is 4.92 Å². The van der Waals surface area contributed by atoms with Crippen LogP contribution in [0, 0.1) is 10.1 Å². The number of aromatic nitrogens is 1. The quantitative estimate of drug-likeness (QED) is 0.499. The van der Waals surface area contributed by atoms with E-state index < -0.39 is 4.92 Å². The van der Waals surface area contributed by atoms with Gasteiger partial charge >= 0.3 is 5.13 Å². The fourth-order valence-electron chi connectivity index (χ4n) is 0.938. The Balaban J connectivity index is 2.70. The average Bonchev–Trinajstić information content (AvgIpc) is 2.46. The van der Waals surface area contributed by atoms with Crippen molar-refractivity contribution in [2.24, 2.45) is 0 Å². The number of nitrogens with zero attached hydrogens (tertiary/aromatic N) is 2. The van der Waals surface area contributed by atoms with Gasteiger partial charge in [0.1, 0.15) is 0 Å². The highest BCUT2D eigenvalue weighted by molar-refractivity contribution is 7.21. The number of fused-ring (bicyclic) bond motifs is 1. The van der Waals surface area contributed by atoms with Gasteiger partial charge in [0.25, 0.3) is 0 Å². The summed E-state index contributed by atoms with van der Waals surface area (Å²) in [6.45, 7) is 0. The van der Waals surface area contributed by atoms with E-state index in [9.17, 15) is 10.1 Å². The van der Waals surface area contributed by atoms with Crippen LogP contribution in [-0.2, 0) is 0 Å². The standard InChI is InChI=1S/C7H4N2O2S/c10-9(11)7-8-5-3-1-2-4-6(5)12-7/h1-4H. The molecule has 1 aromatic carbocycles. The van der Waals surface area contributed by atoms with Crippen LogP contribution in [0.5, 0.6) is 0 Å². The van der Waals surface area contributed by atoms with E-state index in [1.807, 2.05) is 18.2 Å². The van der Waals surface area contributed by atoms with Crippen LogP contribution in [0.1, 0.15) is 0 Å². The van der Waals surface area contributed by atoms with Gasteiger partial charge in [0.05, 0.1) is 4.70 Å². The Morgan fingerprint density at radius 3 is 2.83 bits per heavy atom. The molecule has 0 aliphatic heterocycles. The van der Waals surface area contributed by atoms with Gasteiger partial charge in [-0.2, -0.15) is 0 Å². The number of thiazole rings is 1. The summed E-state index contributed by atoms with van der Waals surface area (Å²) in [5.74, 6) is 0. The molecule has 60 valence electrons. The molecule has 0 unspecified atom stereocenters. The van der Waals surface area contributed by atoms with E-state index in [2.05, 4.69) is 4.98 Å². The van der Waals surface area contributed by atoms with Crippen molar-refractivity contribution in [2.75, 3.05) is 0 Å². The lowest BCUT2D eigenvalue weighted by Crippen LogP contribution is -1.84. The summed E-state index contributed by atoms with van der Waals surface area (Å²) >= 11 is 1.10. The maximum Gasteiger partial charge on any atom is 0.424 e. The Morgan fingerprint density at radius 1 is 1.42 bits per heavy atom. The van der Waals surface area contributed by atoms with Crippen molar-refractivity contribution in [3.63, 3.8) is 0 Å². The summed E-state index contributed by atoms with van der Waals surface area (Å²) in [5.41, 5.74) is 0.689. The lowest BCUT2D eigenvalue weighted by Gasteiger charge is -1.80. The Labute approximate surface area is 71.6 Å². The predicted octanol–water partition coefficient (Wildman–Crippen LogP) is 2.20. The molecule has 0 N–H and O–H groups in total. The minimum Gasteiger partial charge on any atom is -0.357 e. The Bertz CT molecular complexity index is 405. The Kier molecular flexibility index (Phi) is 1.51. The molecule has 0 aliphatic rings. The lowest BCUT2D eigenvalue weighted by atomic mass is 10.3. The third kappa shape index (κ3) is 1.04. The lowest BCUT2D eigenvalue weighted by molar-refractivity contribution is -0.384.